The number of anilines is 1. The van der Waals surface area contributed by atoms with Gasteiger partial charge in [-0.05, 0) is 25.5 Å². The Kier molecular flexibility index (Phi) is 4.31. The van der Waals surface area contributed by atoms with Gasteiger partial charge in [0.15, 0.2) is 20.9 Å². The smallest absolute Gasteiger partial charge is 0.261 e. The molecular weight excluding hydrogens is 356 g/mol. The van der Waals surface area contributed by atoms with Crippen molar-refractivity contribution in [1.82, 2.24) is 9.99 Å². The summed E-state index contributed by atoms with van der Waals surface area (Å²) in [5, 5.41) is 7.92. The van der Waals surface area contributed by atoms with Gasteiger partial charge in [-0.1, -0.05) is 11.6 Å². The first kappa shape index (κ1) is 16.8. The average molecular weight is 371 g/mol. The quantitative estimate of drug-likeness (QED) is 0.622. The molecule has 1 aromatic heterocycles. The molecule has 0 aliphatic carbocycles. The van der Waals surface area contributed by atoms with E-state index in [2.05, 4.69) is 15.4 Å². The third kappa shape index (κ3) is 3.13. The molecule has 0 aromatic carbocycles. The molecule has 2 aliphatic heterocycles. The normalized spacial score (nSPS) is 25.7. The van der Waals surface area contributed by atoms with E-state index in [1.807, 2.05) is 0 Å². The molecule has 24 heavy (non-hydrogen) atoms. The molecule has 8 nitrogen and oxygen atoms in total. The lowest BCUT2D eigenvalue weighted by atomic mass is 10.0. The summed E-state index contributed by atoms with van der Waals surface area (Å²) < 4.78 is 23.2. The van der Waals surface area contributed by atoms with Gasteiger partial charge in [0.25, 0.3) is 5.91 Å². The molecule has 10 heteroatoms. The lowest BCUT2D eigenvalue weighted by Gasteiger charge is -2.19. The third-order valence-corrected chi connectivity index (χ3v) is 6.04. The molecule has 0 unspecified atom stereocenters. The number of halogens is 1. The summed E-state index contributed by atoms with van der Waals surface area (Å²) in [6.45, 7) is 1.57. The maximum absolute atomic E-state index is 12.5. The molecule has 1 N–H and O–H groups in total. The second kappa shape index (κ2) is 6.14. The van der Waals surface area contributed by atoms with Gasteiger partial charge in [0, 0.05) is 6.20 Å². The maximum Gasteiger partial charge on any atom is 0.261 e. The van der Waals surface area contributed by atoms with Gasteiger partial charge in [-0.25, -0.2) is 18.4 Å². The van der Waals surface area contributed by atoms with Gasteiger partial charge < -0.3 is 5.32 Å². The summed E-state index contributed by atoms with van der Waals surface area (Å²) in [6.07, 6.45) is 1.81. The molecule has 2 atom stereocenters. The highest BCUT2D eigenvalue weighted by Gasteiger charge is 2.44. The van der Waals surface area contributed by atoms with E-state index >= 15 is 0 Å². The number of rotatable bonds is 3. The van der Waals surface area contributed by atoms with Crippen molar-refractivity contribution in [2.24, 2.45) is 11.0 Å². The molecule has 2 aliphatic rings. The summed E-state index contributed by atoms with van der Waals surface area (Å²) in [7, 11) is -3.16. The Morgan fingerprint density at radius 2 is 2.21 bits per heavy atom. The van der Waals surface area contributed by atoms with Crippen LogP contribution in [-0.2, 0) is 19.4 Å². The first-order valence-corrected chi connectivity index (χ1v) is 9.48. The van der Waals surface area contributed by atoms with Crippen molar-refractivity contribution < 1.29 is 18.0 Å². The lowest BCUT2D eigenvalue weighted by molar-refractivity contribution is -0.137. The zero-order valence-electron chi connectivity index (χ0n) is 12.8. The van der Waals surface area contributed by atoms with Crippen LogP contribution in [0.1, 0.15) is 13.3 Å². The third-order valence-electron chi connectivity index (χ3n) is 3.99. The van der Waals surface area contributed by atoms with E-state index in [1.54, 1.807) is 19.1 Å². The van der Waals surface area contributed by atoms with Crippen molar-refractivity contribution >= 4 is 44.7 Å². The number of nitrogens with one attached hydrogen (secondary N) is 1. The first-order valence-electron chi connectivity index (χ1n) is 7.28. The molecule has 1 fully saturated rings. The fourth-order valence-corrected chi connectivity index (χ4v) is 4.66. The van der Waals surface area contributed by atoms with Crippen LogP contribution in [0.15, 0.2) is 23.4 Å². The number of pyridine rings is 1. The van der Waals surface area contributed by atoms with Crippen molar-refractivity contribution in [3.63, 3.8) is 0 Å². The van der Waals surface area contributed by atoms with Crippen LogP contribution in [-0.4, -0.2) is 53.5 Å². The van der Waals surface area contributed by atoms with Crippen LogP contribution < -0.4 is 5.32 Å². The minimum Gasteiger partial charge on any atom is -0.322 e. The van der Waals surface area contributed by atoms with Gasteiger partial charge in [0.05, 0.1) is 28.9 Å². The SMILES string of the molecule is CC1=NN([C@H]2CCS(=O)(=O)C2)C(=O)[C@H]1C(=O)Nc1cccnc1Cl. The van der Waals surface area contributed by atoms with Gasteiger partial charge >= 0.3 is 0 Å². The highest BCUT2D eigenvalue weighted by Crippen LogP contribution is 2.26. The number of hydrazone groups is 1. The number of nitrogens with zero attached hydrogens (tertiary/aromatic N) is 3. The predicted octanol–water partition coefficient (Wildman–Crippen LogP) is 0.695. The van der Waals surface area contributed by atoms with Crippen molar-refractivity contribution in [2.45, 2.75) is 19.4 Å². The van der Waals surface area contributed by atoms with E-state index in [0.717, 1.165) is 5.01 Å². The molecule has 2 amide bonds. The molecular formula is C14H15ClN4O4S. The van der Waals surface area contributed by atoms with Crippen LogP contribution in [0.25, 0.3) is 0 Å². The molecule has 3 rings (SSSR count). The van der Waals surface area contributed by atoms with E-state index in [9.17, 15) is 18.0 Å². The summed E-state index contributed by atoms with van der Waals surface area (Å²) in [4.78, 5) is 28.8. The van der Waals surface area contributed by atoms with Crippen LogP contribution in [0.4, 0.5) is 5.69 Å². The minimum atomic E-state index is -3.16. The molecule has 128 valence electrons. The Balaban J connectivity index is 1.76. The minimum absolute atomic E-state index is 0.0260. The Hall–Kier alpha value is -2.00. The van der Waals surface area contributed by atoms with Gasteiger partial charge in [-0.15, -0.1) is 0 Å². The number of carbonyl (C=O) groups is 2. The van der Waals surface area contributed by atoms with Crippen molar-refractivity contribution in [3.05, 3.63) is 23.5 Å². The van der Waals surface area contributed by atoms with E-state index < -0.39 is 33.6 Å². The highest BCUT2D eigenvalue weighted by molar-refractivity contribution is 7.91. The first-order chi connectivity index (χ1) is 11.3. The van der Waals surface area contributed by atoms with Gasteiger partial charge in [-0.3, -0.25) is 9.59 Å². The summed E-state index contributed by atoms with van der Waals surface area (Å²) >= 11 is 5.89. The van der Waals surface area contributed by atoms with E-state index in [-0.39, 0.29) is 16.7 Å². The molecule has 0 bridgehead atoms. The Morgan fingerprint density at radius 1 is 1.46 bits per heavy atom. The molecule has 3 heterocycles. The predicted molar refractivity (Wildman–Crippen MR) is 88.4 cm³/mol. The van der Waals surface area contributed by atoms with Crippen molar-refractivity contribution in [2.75, 3.05) is 16.8 Å². The number of hydrogen-bond acceptors (Lipinski definition) is 6. The number of carbonyl (C=O) groups excluding carboxylic acids is 2. The molecule has 0 radical (unpaired) electrons. The Morgan fingerprint density at radius 3 is 2.83 bits per heavy atom. The van der Waals surface area contributed by atoms with E-state index in [0.29, 0.717) is 17.8 Å². The van der Waals surface area contributed by atoms with Crippen LogP contribution in [0.5, 0.6) is 0 Å². The Bertz CT molecular complexity index is 839. The standard InChI is InChI=1S/C14H15ClN4O4S/c1-8-11(13(20)17-10-3-2-5-16-12(10)15)14(21)19(18-8)9-4-6-24(22,23)7-9/h2-3,5,9,11H,4,6-7H2,1H3,(H,17,20)/t9-,11+/m0/s1. The van der Waals surface area contributed by atoms with Crippen LogP contribution in [0.3, 0.4) is 0 Å². The summed E-state index contributed by atoms with van der Waals surface area (Å²) in [5.41, 5.74) is 0.619. The second-order valence-corrected chi connectivity index (χ2v) is 8.33. The van der Waals surface area contributed by atoms with E-state index in [4.69, 9.17) is 11.6 Å². The highest BCUT2D eigenvalue weighted by atomic mass is 35.5. The average Bonchev–Trinajstić information content (AvgIpc) is 3.00. The molecule has 1 saturated heterocycles. The fourth-order valence-electron chi connectivity index (χ4n) is 2.80. The zero-order chi connectivity index (χ0) is 17.5. The monoisotopic (exact) mass is 370 g/mol. The number of hydrogen-bond donors (Lipinski definition) is 1. The van der Waals surface area contributed by atoms with Crippen molar-refractivity contribution in [1.29, 1.82) is 0 Å². The maximum atomic E-state index is 12.5. The van der Waals surface area contributed by atoms with Gasteiger partial charge in [0.2, 0.25) is 5.91 Å². The largest absolute Gasteiger partial charge is 0.322 e. The fraction of sp³-hybridized carbons (Fsp3) is 0.429. The van der Waals surface area contributed by atoms with Crippen LogP contribution >= 0.6 is 11.6 Å². The van der Waals surface area contributed by atoms with E-state index in [1.165, 1.54) is 6.20 Å². The molecule has 1 aromatic rings. The number of aromatic nitrogens is 1. The van der Waals surface area contributed by atoms with Gasteiger partial charge in [-0.2, -0.15) is 5.10 Å². The Labute approximate surface area is 143 Å². The van der Waals surface area contributed by atoms with Crippen molar-refractivity contribution in [3.8, 4) is 0 Å². The number of sulfone groups is 1. The van der Waals surface area contributed by atoms with Gasteiger partial charge in [0.1, 0.15) is 0 Å². The van der Waals surface area contributed by atoms with Crippen LogP contribution in [0, 0.1) is 5.92 Å². The van der Waals surface area contributed by atoms with Crippen LogP contribution in [0.2, 0.25) is 5.15 Å². The zero-order valence-corrected chi connectivity index (χ0v) is 14.3. The lowest BCUT2D eigenvalue weighted by Crippen LogP contribution is -2.40. The second-order valence-electron chi connectivity index (χ2n) is 5.75. The molecule has 0 saturated carbocycles. The number of amides is 2. The topological polar surface area (TPSA) is 109 Å². The summed E-state index contributed by atoms with van der Waals surface area (Å²) in [6, 6.07) is 2.66. The summed E-state index contributed by atoms with van der Waals surface area (Å²) in [5.74, 6) is -2.28. The molecule has 0 spiro atoms.